The number of piperidine rings is 1. The van der Waals surface area contributed by atoms with Crippen LogP contribution < -0.4 is 16.2 Å². The molecule has 1 amide bonds. The molecule has 2 heterocycles. The van der Waals surface area contributed by atoms with Crippen LogP contribution in [0.4, 0.5) is 0 Å². The third-order valence-corrected chi connectivity index (χ3v) is 5.75. The first-order chi connectivity index (χ1) is 13.2. The average Bonchev–Trinajstić information content (AvgIpc) is 3.20. The Hall–Kier alpha value is -1.92. The molecule has 2 aromatic carbocycles. The van der Waals surface area contributed by atoms with Crippen LogP contribution in [0.1, 0.15) is 41.2 Å². The van der Waals surface area contributed by atoms with E-state index in [9.17, 15) is 4.79 Å². The number of halogens is 1. The fourth-order valence-electron chi connectivity index (χ4n) is 3.91. The zero-order valence-corrected chi connectivity index (χ0v) is 16.0. The molecule has 6 heteroatoms. The average molecular weight is 385 g/mol. The van der Waals surface area contributed by atoms with Gasteiger partial charge in [0.25, 0.3) is 5.91 Å². The molecule has 0 bridgehead atoms. The SMILES string of the molecule is O=C(NC1CCN(C2CC(c3ccc(Cl)cc3)NN2)CC1)c1ccccc1. The molecule has 0 radical (unpaired) electrons. The van der Waals surface area contributed by atoms with E-state index in [-0.39, 0.29) is 11.9 Å². The molecule has 5 nitrogen and oxygen atoms in total. The van der Waals surface area contributed by atoms with Crippen molar-refractivity contribution in [2.45, 2.75) is 37.5 Å². The summed E-state index contributed by atoms with van der Waals surface area (Å²) < 4.78 is 0. The number of nitrogens with one attached hydrogen (secondary N) is 3. The van der Waals surface area contributed by atoms with Gasteiger partial charge in [-0.1, -0.05) is 41.9 Å². The maximum absolute atomic E-state index is 12.3. The maximum atomic E-state index is 12.3. The molecule has 2 aliphatic heterocycles. The van der Waals surface area contributed by atoms with E-state index in [1.807, 2.05) is 42.5 Å². The molecule has 2 aromatic rings. The highest BCUT2D eigenvalue weighted by Gasteiger charge is 2.32. The van der Waals surface area contributed by atoms with Crippen molar-refractivity contribution in [2.75, 3.05) is 13.1 Å². The molecule has 27 heavy (non-hydrogen) atoms. The van der Waals surface area contributed by atoms with Crippen molar-refractivity contribution in [3.05, 3.63) is 70.7 Å². The minimum Gasteiger partial charge on any atom is -0.349 e. The number of nitrogens with zero attached hydrogens (tertiary/aromatic N) is 1. The first kappa shape index (κ1) is 18.4. The second kappa shape index (κ2) is 8.40. The normalized spacial score (nSPS) is 24.0. The van der Waals surface area contributed by atoms with Crippen molar-refractivity contribution in [3.8, 4) is 0 Å². The molecule has 2 fully saturated rings. The molecule has 0 saturated carbocycles. The molecule has 0 spiro atoms. The molecule has 0 aliphatic carbocycles. The highest BCUT2D eigenvalue weighted by atomic mass is 35.5. The van der Waals surface area contributed by atoms with E-state index < -0.39 is 0 Å². The van der Waals surface area contributed by atoms with Crippen molar-refractivity contribution >= 4 is 17.5 Å². The topological polar surface area (TPSA) is 56.4 Å². The smallest absolute Gasteiger partial charge is 0.251 e. The van der Waals surface area contributed by atoms with Crippen LogP contribution in [-0.4, -0.2) is 36.1 Å². The second-order valence-corrected chi connectivity index (χ2v) is 7.73. The molecule has 142 valence electrons. The lowest BCUT2D eigenvalue weighted by Gasteiger charge is -2.35. The molecule has 2 unspecified atom stereocenters. The third kappa shape index (κ3) is 4.50. The number of hydrogen-bond acceptors (Lipinski definition) is 4. The second-order valence-electron chi connectivity index (χ2n) is 7.29. The molecular weight excluding hydrogens is 360 g/mol. The summed E-state index contributed by atoms with van der Waals surface area (Å²) in [5.41, 5.74) is 8.81. The van der Waals surface area contributed by atoms with E-state index >= 15 is 0 Å². The van der Waals surface area contributed by atoms with Gasteiger partial charge in [0.1, 0.15) is 0 Å². The first-order valence-corrected chi connectivity index (χ1v) is 9.93. The van der Waals surface area contributed by atoms with Crippen molar-refractivity contribution in [1.82, 2.24) is 21.1 Å². The molecule has 0 aromatic heterocycles. The van der Waals surface area contributed by atoms with E-state index in [2.05, 4.69) is 33.2 Å². The lowest BCUT2D eigenvalue weighted by molar-refractivity contribution is 0.0880. The summed E-state index contributed by atoms with van der Waals surface area (Å²) in [6.07, 6.45) is 3.28. The standard InChI is InChI=1S/C21H25ClN4O/c22-17-8-6-15(7-9-17)19-14-20(25-24-19)26-12-10-18(11-13-26)23-21(27)16-4-2-1-3-5-16/h1-9,18-20,24-25H,10-14H2,(H,23,27). The Morgan fingerprint density at radius 2 is 1.70 bits per heavy atom. The molecular formula is C21H25ClN4O. The van der Waals surface area contributed by atoms with Crippen LogP contribution in [0.25, 0.3) is 0 Å². The first-order valence-electron chi connectivity index (χ1n) is 9.55. The van der Waals surface area contributed by atoms with Gasteiger partial charge in [0.05, 0.1) is 6.17 Å². The lowest BCUT2D eigenvalue weighted by Crippen LogP contribution is -2.51. The van der Waals surface area contributed by atoms with Crippen LogP contribution in [0.2, 0.25) is 5.02 Å². The van der Waals surface area contributed by atoms with Gasteiger partial charge in [0.15, 0.2) is 0 Å². The highest BCUT2D eigenvalue weighted by molar-refractivity contribution is 6.30. The Balaban J connectivity index is 1.26. The van der Waals surface area contributed by atoms with Gasteiger partial charge < -0.3 is 5.32 Å². The van der Waals surface area contributed by atoms with Crippen LogP contribution in [0, 0.1) is 0 Å². The number of hydrazine groups is 1. The Kier molecular flexibility index (Phi) is 5.74. The minimum atomic E-state index is 0.0255. The maximum Gasteiger partial charge on any atom is 0.251 e. The van der Waals surface area contributed by atoms with Gasteiger partial charge in [-0.15, -0.1) is 0 Å². The summed E-state index contributed by atoms with van der Waals surface area (Å²) in [7, 11) is 0. The molecule has 2 atom stereocenters. The van der Waals surface area contributed by atoms with Gasteiger partial charge in [0.2, 0.25) is 0 Å². The Labute approximate surface area is 165 Å². The van der Waals surface area contributed by atoms with Gasteiger partial charge in [-0.25, -0.2) is 10.9 Å². The van der Waals surface area contributed by atoms with Crippen molar-refractivity contribution in [3.63, 3.8) is 0 Å². The van der Waals surface area contributed by atoms with Crippen LogP contribution in [0.15, 0.2) is 54.6 Å². The van der Waals surface area contributed by atoms with Gasteiger partial charge in [-0.2, -0.15) is 0 Å². The largest absolute Gasteiger partial charge is 0.349 e. The van der Waals surface area contributed by atoms with Gasteiger partial charge >= 0.3 is 0 Å². The monoisotopic (exact) mass is 384 g/mol. The summed E-state index contributed by atoms with van der Waals surface area (Å²) in [6.45, 7) is 1.96. The summed E-state index contributed by atoms with van der Waals surface area (Å²) in [6, 6.07) is 18.0. The van der Waals surface area contributed by atoms with Crippen LogP contribution >= 0.6 is 11.6 Å². The minimum absolute atomic E-state index is 0.0255. The van der Waals surface area contributed by atoms with E-state index in [0.717, 1.165) is 42.9 Å². The Morgan fingerprint density at radius 3 is 2.41 bits per heavy atom. The van der Waals surface area contributed by atoms with Crippen molar-refractivity contribution in [1.29, 1.82) is 0 Å². The van der Waals surface area contributed by atoms with Crippen molar-refractivity contribution < 1.29 is 4.79 Å². The molecule has 2 saturated heterocycles. The number of carbonyl (C=O) groups is 1. The molecule has 3 N–H and O–H groups in total. The van der Waals surface area contributed by atoms with E-state index in [1.54, 1.807) is 0 Å². The number of rotatable bonds is 4. The van der Waals surface area contributed by atoms with Gasteiger partial charge in [0, 0.05) is 35.8 Å². The zero-order valence-electron chi connectivity index (χ0n) is 15.2. The highest BCUT2D eigenvalue weighted by Crippen LogP contribution is 2.26. The van der Waals surface area contributed by atoms with Crippen LogP contribution in [0.3, 0.4) is 0 Å². The van der Waals surface area contributed by atoms with Gasteiger partial charge in [-0.3, -0.25) is 9.69 Å². The lowest BCUT2D eigenvalue weighted by atomic mass is 10.0. The summed E-state index contributed by atoms with van der Waals surface area (Å²) in [5, 5.41) is 3.94. The molecule has 4 rings (SSSR count). The number of amides is 1. The molecule has 2 aliphatic rings. The van der Waals surface area contributed by atoms with Crippen molar-refractivity contribution in [2.24, 2.45) is 0 Å². The third-order valence-electron chi connectivity index (χ3n) is 5.50. The van der Waals surface area contributed by atoms with E-state index in [4.69, 9.17) is 11.6 Å². The number of hydrogen-bond donors (Lipinski definition) is 3. The number of carbonyl (C=O) groups excluding carboxylic acids is 1. The summed E-state index contributed by atoms with van der Waals surface area (Å²) >= 11 is 5.98. The van der Waals surface area contributed by atoms with Crippen LogP contribution in [-0.2, 0) is 0 Å². The van der Waals surface area contributed by atoms with Gasteiger partial charge in [-0.05, 0) is 49.1 Å². The fourth-order valence-corrected chi connectivity index (χ4v) is 4.03. The summed E-state index contributed by atoms with van der Waals surface area (Å²) in [5.74, 6) is 0.0255. The summed E-state index contributed by atoms with van der Waals surface area (Å²) in [4.78, 5) is 14.8. The Bertz CT molecular complexity index is 760. The van der Waals surface area contributed by atoms with E-state index in [0.29, 0.717) is 12.2 Å². The van der Waals surface area contributed by atoms with E-state index in [1.165, 1.54) is 5.56 Å². The number of benzene rings is 2. The predicted octanol–water partition coefficient (Wildman–Crippen LogP) is 3.10. The van der Waals surface area contributed by atoms with Crippen LogP contribution in [0.5, 0.6) is 0 Å². The fraction of sp³-hybridized carbons (Fsp3) is 0.381. The predicted molar refractivity (Wildman–Crippen MR) is 107 cm³/mol. The number of likely N-dealkylation sites (tertiary alicyclic amines) is 1. The Morgan fingerprint density at radius 1 is 1.00 bits per heavy atom. The quantitative estimate of drug-likeness (QED) is 0.758. The zero-order chi connectivity index (χ0) is 18.6.